The van der Waals surface area contributed by atoms with E-state index < -0.39 is 0 Å². The monoisotopic (exact) mass is 294 g/mol. The van der Waals surface area contributed by atoms with Crippen molar-refractivity contribution < 1.29 is 9.53 Å². The number of ether oxygens (including phenoxy) is 1. The number of methoxy groups -OCH3 is 1. The molecule has 0 aliphatic heterocycles. The molecule has 0 radical (unpaired) electrons. The second-order valence-electron chi connectivity index (χ2n) is 5.24. The number of carbonyl (C=O) groups is 1. The smallest absolute Gasteiger partial charge is 0.228 e. The van der Waals surface area contributed by atoms with Crippen LogP contribution in [0.15, 0.2) is 54.7 Å². The fraction of sp³-hybridized carbons (Fsp3) is 0.167. The summed E-state index contributed by atoms with van der Waals surface area (Å²) in [6.45, 7) is 0. The minimum Gasteiger partial charge on any atom is -0.497 e. The highest BCUT2D eigenvalue weighted by Gasteiger charge is 2.10. The van der Waals surface area contributed by atoms with Crippen LogP contribution in [-0.4, -0.2) is 17.6 Å². The van der Waals surface area contributed by atoms with Crippen molar-refractivity contribution >= 4 is 22.5 Å². The molecule has 0 aliphatic carbocycles. The molecule has 0 bridgehead atoms. The van der Waals surface area contributed by atoms with Gasteiger partial charge in [-0.25, -0.2) is 0 Å². The van der Waals surface area contributed by atoms with E-state index in [1.807, 2.05) is 60.3 Å². The van der Waals surface area contributed by atoms with Gasteiger partial charge in [0.1, 0.15) is 5.75 Å². The lowest BCUT2D eigenvalue weighted by molar-refractivity contribution is -0.115. The first-order chi connectivity index (χ1) is 10.7. The number of rotatable bonds is 4. The molecule has 22 heavy (non-hydrogen) atoms. The van der Waals surface area contributed by atoms with Crippen molar-refractivity contribution in [1.82, 2.24) is 4.57 Å². The number of carbonyl (C=O) groups excluding carboxylic acids is 1. The normalized spacial score (nSPS) is 10.6. The van der Waals surface area contributed by atoms with Crippen LogP contribution in [0.5, 0.6) is 5.75 Å². The SMILES string of the molecule is COc1ccc(NC(=O)Cc2cn(C)c3ccccc23)cc1. The van der Waals surface area contributed by atoms with Crippen molar-refractivity contribution in [3.05, 3.63) is 60.3 Å². The Balaban J connectivity index is 1.75. The maximum atomic E-state index is 12.2. The van der Waals surface area contributed by atoms with E-state index >= 15 is 0 Å². The lowest BCUT2D eigenvalue weighted by Gasteiger charge is -2.06. The van der Waals surface area contributed by atoms with Crippen molar-refractivity contribution in [2.24, 2.45) is 7.05 Å². The number of para-hydroxylation sites is 1. The molecule has 2 aromatic carbocycles. The third-order valence-corrected chi connectivity index (χ3v) is 3.70. The van der Waals surface area contributed by atoms with Crippen LogP contribution in [0.2, 0.25) is 0 Å². The number of nitrogens with zero attached hydrogens (tertiary/aromatic N) is 1. The predicted octanol–water partition coefficient (Wildman–Crippen LogP) is 3.37. The number of aryl methyl sites for hydroxylation is 1. The van der Waals surface area contributed by atoms with Crippen molar-refractivity contribution in [3.63, 3.8) is 0 Å². The van der Waals surface area contributed by atoms with Gasteiger partial charge in [-0.2, -0.15) is 0 Å². The second-order valence-corrected chi connectivity index (χ2v) is 5.24. The molecular formula is C18H18N2O2. The van der Waals surface area contributed by atoms with Crippen LogP contribution in [0.4, 0.5) is 5.69 Å². The van der Waals surface area contributed by atoms with Crippen molar-refractivity contribution in [2.75, 3.05) is 12.4 Å². The van der Waals surface area contributed by atoms with Crippen LogP contribution in [0.25, 0.3) is 10.9 Å². The number of hydrogen-bond donors (Lipinski definition) is 1. The summed E-state index contributed by atoms with van der Waals surface area (Å²) in [5, 5.41) is 4.03. The number of anilines is 1. The zero-order valence-electron chi connectivity index (χ0n) is 12.7. The summed E-state index contributed by atoms with van der Waals surface area (Å²) in [5.41, 5.74) is 2.94. The van der Waals surface area contributed by atoms with Gasteiger partial charge in [0, 0.05) is 29.8 Å². The number of benzene rings is 2. The Labute approximate surface area is 129 Å². The summed E-state index contributed by atoms with van der Waals surface area (Å²) in [6, 6.07) is 15.4. The average Bonchev–Trinajstić information content (AvgIpc) is 2.85. The molecule has 1 aromatic heterocycles. The lowest BCUT2D eigenvalue weighted by atomic mass is 10.1. The third kappa shape index (κ3) is 2.81. The van der Waals surface area contributed by atoms with Gasteiger partial charge >= 0.3 is 0 Å². The van der Waals surface area contributed by atoms with Crippen LogP contribution in [0.1, 0.15) is 5.56 Å². The standard InChI is InChI=1S/C18H18N2O2/c1-20-12-13(16-5-3-4-6-17(16)20)11-18(21)19-14-7-9-15(22-2)10-8-14/h3-10,12H,11H2,1-2H3,(H,19,21). The molecule has 3 rings (SSSR count). The number of aromatic nitrogens is 1. The van der Waals surface area contributed by atoms with Crippen LogP contribution in [0.3, 0.4) is 0 Å². The Bertz CT molecular complexity index is 804. The van der Waals surface area contributed by atoms with E-state index in [1.54, 1.807) is 7.11 Å². The van der Waals surface area contributed by atoms with Crippen LogP contribution >= 0.6 is 0 Å². The summed E-state index contributed by atoms with van der Waals surface area (Å²) >= 11 is 0. The average molecular weight is 294 g/mol. The van der Waals surface area contributed by atoms with E-state index in [-0.39, 0.29) is 5.91 Å². The van der Waals surface area contributed by atoms with Gasteiger partial charge < -0.3 is 14.6 Å². The highest BCUT2D eigenvalue weighted by Crippen LogP contribution is 2.21. The molecule has 4 heteroatoms. The van der Waals surface area contributed by atoms with Crippen LogP contribution in [0, 0.1) is 0 Å². The Hall–Kier alpha value is -2.75. The van der Waals surface area contributed by atoms with Gasteiger partial charge in [0.25, 0.3) is 0 Å². The molecule has 1 N–H and O–H groups in total. The van der Waals surface area contributed by atoms with E-state index in [1.165, 1.54) is 0 Å². The van der Waals surface area contributed by atoms with Crippen molar-refractivity contribution in [2.45, 2.75) is 6.42 Å². The van der Waals surface area contributed by atoms with Gasteiger partial charge in [0.15, 0.2) is 0 Å². The van der Waals surface area contributed by atoms with Crippen molar-refractivity contribution in [3.8, 4) is 5.75 Å². The van der Waals surface area contributed by atoms with E-state index in [4.69, 9.17) is 4.74 Å². The fourth-order valence-corrected chi connectivity index (χ4v) is 2.62. The molecule has 0 atom stereocenters. The zero-order valence-corrected chi connectivity index (χ0v) is 12.7. The van der Waals surface area contributed by atoms with E-state index in [9.17, 15) is 4.79 Å². The minimum atomic E-state index is -0.0264. The molecule has 0 saturated carbocycles. The number of amides is 1. The third-order valence-electron chi connectivity index (χ3n) is 3.70. The van der Waals surface area contributed by atoms with Gasteiger partial charge in [-0.3, -0.25) is 4.79 Å². The predicted molar refractivity (Wildman–Crippen MR) is 88.2 cm³/mol. The van der Waals surface area contributed by atoms with Gasteiger partial charge in [-0.05, 0) is 35.9 Å². The highest BCUT2D eigenvalue weighted by atomic mass is 16.5. The molecule has 0 aliphatic rings. The minimum absolute atomic E-state index is 0.0264. The summed E-state index contributed by atoms with van der Waals surface area (Å²) in [5.74, 6) is 0.744. The summed E-state index contributed by atoms with van der Waals surface area (Å²) in [4.78, 5) is 12.2. The highest BCUT2D eigenvalue weighted by molar-refractivity contribution is 5.96. The Kier molecular flexibility index (Phi) is 3.83. The van der Waals surface area contributed by atoms with Crippen molar-refractivity contribution in [1.29, 1.82) is 0 Å². The molecule has 112 valence electrons. The Morgan fingerprint density at radius 3 is 2.59 bits per heavy atom. The van der Waals surface area contributed by atoms with Gasteiger partial charge in [-0.15, -0.1) is 0 Å². The number of fused-ring (bicyclic) bond motifs is 1. The summed E-state index contributed by atoms with van der Waals surface area (Å²) in [6.07, 6.45) is 2.37. The summed E-state index contributed by atoms with van der Waals surface area (Å²) < 4.78 is 7.15. The first-order valence-electron chi connectivity index (χ1n) is 7.14. The maximum Gasteiger partial charge on any atom is 0.228 e. The summed E-state index contributed by atoms with van der Waals surface area (Å²) in [7, 11) is 3.61. The van der Waals surface area contributed by atoms with E-state index in [0.717, 1.165) is 27.9 Å². The second kappa shape index (κ2) is 5.93. The molecule has 0 saturated heterocycles. The molecule has 0 spiro atoms. The molecule has 1 amide bonds. The zero-order chi connectivity index (χ0) is 15.5. The lowest BCUT2D eigenvalue weighted by Crippen LogP contribution is -2.14. The van der Waals surface area contributed by atoms with Crippen LogP contribution < -0.4 is 10.1 Å². The quantitative estimate of drug-likeness (QED) is 0.801. The van der Waals surface area contributed by atoms with E-state index in [0.29, 0.717) is 6.42 Å². The molecule has 3 aromatic rings. The molecule has 4 nitrogen and oxygen atoms in total. The molecular weight excluding hydrogens is 276 g/mol. The number of hydrogen-bond acceptors (Lipinski definition) is 2. The molecule has 1 heterocycles. The van der Waals surface area contributed by atoms with Gasteiger partial charge in [0.2, 0.25) is 5.91 Å². The van der Waals surface area contributed by atoms with E-state index in [2.05, 4.69) is 11.4 Å². The molecule has 0 fully saturated rings. The fourth-order valence-electron chi connectivity index (χ4n) is 2.62. The topological polar surface area (TPSA) is 43.3 Å². The maximum absolute atomic E-state index is 12.2. The first kappa shape index (κ1) is 14.2. The number of nitrogens with one attached hydrogen (secondary N) is 1. The van der Waals surface area contributed by atoms with Gasteiger partial charge in [0.05, 0.1) is 13.5 Å². The molecule has 0 unspecified atom stereocenters. The first-order valence-corrected chi connectivity index (χ1v) is 7.14. The van der Waals surface area contributed by atoms with Gasteiger partial charge in [-0.1, -0.05) is 18.2 Å². The largest absolute Gasteiger partial charge is 0.497 e. The van der Waals surface area contributed by atoms with Crippen LogP contribution in [-0.2, 0) is 18.3 Å². The Morgan fingerprint density at radius 2 is 1.86 bits per heavy atom. The Morgan fingerprint density at radius 1 is 1.14 bits per heavy atom.